The fourth-order valence-electron chi connectivity index (χ4n) is 3.41. The van der Waals surface area contributed by atoms with Crippen molar-refractivity contribution in [1.29, 1.82) is 0 Å². The minimum atomic E-state index is -1.25. The molecule has 7 nitrogen and oxygen atoms in total. The second-order valence-corrected chi connectivity index (χ2v) is 7.84. The first-order valence-electron chi connectivity index (χ1n) is 9.94. The maximum absolute atomic E-state index is 10.1. The molecule has 2 rings (SSSR count). The zero-order valence-electron chi connectivity index (χ0n) is 16.8. The predicted molar refractivity (Wildman–Crippen MR) is 115 cm³/mol. The lowest BCUT2D eigenvalue weighted by Crippen LogP contribution is -2.58. The van der Waals surface area contributed by atoms with Crippen LogP contribution in [0.1, 0.15) is 18.4 Å². The summed E-state index contributed by atoms with van der Waals surface area (Å²) in [6.07, 6.45) is -1.69. The lowest BCUT2D eigenvalue weighted by atomic mass is 10.0. The van der Waals surface area contributed by atoms with Crippen LogP contribution >= 0.6 is 23.2 Å². The van der Waals surface area contributed by atoms with Crippen LogP contribution in [0.2, 0.25) is 0 Å². The van der Waals surface area contributed by atoms with Crippen molar-refractivity contribution >= 4 is 28.9 Å². The van der Waals surface area contributed by atoms with Gasteiger partial charge in [-0.25, -0.2) is 0 Å². The highest BCUT2D eigenvalue weighted by atomic mass is 35.5. The maximum atomic E-state index is 10.1. The molecule has 4 atom stereocenters. The third kappa shape index (κ3) is 7.22. The molecule has 1 heterocycles. The number of hydrogen-bond acceptors (Lipinski definition) is 7. The van der Waals surface area contributed by atoms with Crippen LogP contribution in [0.15, 0.2) is 24.3 Å². The molecule has 0 amide bonds. The lowest BCUT2D eigenvalue weighted by Gasteiger charge is -2.39. The van der Waals surface area contributed by atoms with Crippen LogP contribution < -0.4 is 4.90 Å². The Balaban J connectivity index is 1.79. The third-order valence-corrected chi connectivity index (χ3v) is 5.43. The number of hydroxylamine groups is 2. The largest absolute Gasteiger partial charge is 0.388 e. The van der Waals surface area contributed by atoms with E-state index in [9.17, 15) is 15.3 Å². The SMILES string of the molecule is CON(CCCCc1ccc(N(CCCl)CCCl)cc1)C1OC[C@H](O)[C@H](O)[C@@H]1O. The van der Waals surface area contributed by atoms with E-state index in [1.807, 2.05) is 0 Å². The summed E-state index contributed by atoms with van der Waals surface area (Å²) in [6.45, 7) is 2.03. The quantitative estimate of drug-likeness (QED) is 0.253. The van der Waals surface area contributed by atoms with Gasteiger partial charge in [-0.1, -0.05) is 12.1 Å². The number of unbranched alkanes of at least 4 members (excludes halogenated alkanes) is 1. The van der Waals surface area contributed by atoms with Gasteiger partial charge in [0.2, 0.25) is 0 Å². The molecule has 0 bridgehead atoms. The maximum Gasteiger partial charge on any atom is 0.161 e. The summed E-state index contributed by atoms with van der Waals surface area (Å²) in [6, 6.07) is 8.42. The average molecular weight is 451 g/mol. The Kier molecular flexibility index (Phi) is 11.0. The number of anilines is 1. The Labute approximate surface area is 182 Å². The first-order valence-corrected chi connectivity index (χ1v) is 11.0. The number of hydrogen-bond donors (Lipinski definition) is 3. The number of aliphatic hydroxyl groups is 3. The highest BCUT2D eigenvalue weighted by molar-refractivity contribution is 6.18. The Bertz CT molecular complexity index is 574. The molecule has 1 aliphatic rings. The van der Waals surface area contributed by atoms with Crippen LogP contribution in [0.25, 0.3) is 0 Å². The predicted octanol–water partition coefficient (Wildman–Crippen LogP) is 1.60. The van der Waals surface area contributed by atoms with Crippen molar-refractivity contribution in [3.8, 4) is 0 Å². The Hall–Kier alpha value is -0.640. The molecule has 0 aliphatic carbocycles. The molecule has 0 spiro atoms. The first kappa shape index (κ1) is 24.6. The molecule has 3 N–H and O–H groups in total. The van der Waals surface area contributed by atoms with Crippen molar-refractivity contribution in [1.82, 2.24) is 5.06 Å². The molecule has 1 aromatic rings. The van der Waals surface area contributed by atoms with Crippen LogP contribution in [0.4, 0.5) is 5.69 Å². The molecule has 9 heteroatoms. The molecule has 166 valence electrons. The zero-order chi connectivity index (χ0) is 21.2. The number of aliphatic hydroxyl groups excluding tert-OH is 3. The van der Waals surface area contributed by atoms with E-state index in [4.69, 9.17) is 32.8 Å². The standard InChI is InChI=1S/C20H32Cl2N2O5/c1-28-24(20-19(27)18(26)17(25)14-29-20)11-3-2-4-15-5-7-16(8-6-15)23(12-9-21)13-10-22/h5-8,17-20,25-27H,2-4,9-14H2,1H3/t17-,18-,19-,20?/m0/s1. The van der Waals surface area contributed by atoms with Gasteiger partial charge in [0.05, 0.1) is 13.7 Å². The fraction of sp³-hybridized carbons (Fsp3) is 0.700. The van der Waals surface area contributed by atoms with Crippen molar-refractivity contribution < 1.29 is 24.9 Å². The number of halogens is 2. The molecule has 0 radical (unpaired) electrons. The second-order valence-electron chi connectivity index (χ2n) is 7.08. The van der Waals surface area contributed by atoms with Crippen LogP contribution in [0, 0.1) is 0 Å². The smallest absolute Gasteiger partial charge is 0.161 e. The minimum absolute atomic E-state index is 0.0421. The molecule has 1 saturated heterocycles. The van der Waals surface area contributed by atoms with Crippen molar-refractivity contribution in [2.24, 2.45) is 0 Å². The van der Waals surface area contributed by atoms with E-state index in [1.165, 1.54) is 17.7 Å². The monoisotopic (exact) mass is 450 g/mol. The third-order valence-electron chi connectivity index (χ3n) is 5.10. The van der Waals surface area contributed by atoms with Gasteiger partial charge in [0.1, 0.15) is 18.3 Å². The number of nitrogens with zero attached hydrogens (tertiary/aromatic N) is 2. The molecular formula is C20H32Cl2N2O5. The van der Waals surface area contributed by atoms with E-state index in [2.05, 4.69) is 29.2 Å². The molecule has 0 aromatic heterocycles. The summed E-state index contributed by atoms with van der Waals surface area (Å²) in [4.78, 5) is 7.48. The van der Waals surface area contributed by atoms with Crippen LogP contribution in [-0.2, 0) is 16.0 Å². The minimum Gasteiger partial charge on any atom is -0.388 e. The van der Waals surface area contributed by atoms with Gasteiger partial charge >= 0.3 is 0 Å². The van der Waals surface area contributed by atoms with Crippen molar-refractivity contribution in [3.63, 3.8) is 0 Å². The van der Waals surface area contributed by atoms with E-state index in [0.717, 1.165) is 38.0 Å². The van der Waals surface area contributed by atoms with E-state index in [-0.39, 0.29) is 6.61 Å². The Morgan fingerprint density at radius 2 is 1.66 bits per heavy atom. The molecule has 1 unspecified atom stereocenters. The summed E-state index contributed by atoms with van der Waals surface area (Å²) in [7, 11) is 1.50. The number of aryl methyl sites for hydroxylation is 1. The van der Waals surface area contributed by atoms with E-state index < -0.39 is 24.5 Å². The lowest BCUT2D eigenvalue weighted by molar-refractivity contribution is -0.306. The average Bonchev–Trinajstić information content (AvgIpc) is 2.73. The van der Waals surface area contributed by atoms with Gasteiger partial charge in [0.25, 0.3) is 0 Å². The van der Waals surface area contributed by atoms with E-state index in [0.29, 0.717) is 18.3 Å². The van der Waals surface area contributed by atoms with E-state index in [1.54, 1.807) is 0 Å². The van der Waals surface area contributed by atoms with Crippen molar-refractivity contribution in [3.05, 3.63) is 29.8 Å². The van der Waals surface area contributed by atoms with Gasteiger partial charge < -0.3 is 25.0 Å². The molecule has 0 saturated carbocycles. The van der Waals surface area contributed by atoms with Gasteiger partial charge in [-0.3, -0.25) is 4.84 Å². The molecular weight excluding hydrogens is 419 g/mol. The van der Waals surface area contributed by atoms with Gasteiger partial charge in [0, 0.05) is 37.1 Å². The number of rotatable bonds is 12. The Morgan fingerprint density at radius 3 is 2.24 bits per heavy atom. The van der Waals surface area contributed by atoms with Gasteiger partial charge in [0.15, 0.2) is 6.23 Å². The van der Waals surface area contributed by atoms with Gasteiger partial charge in [-0.05, 0) is 37.0 Å². The summed E-state index contributed by atoms with van der Waals surface area (Å²) in [5, 5.41) is 31.0. The Morgan fingerprint density at radius 1 is 1.00 bits per heavy atom. The number of benzene rings is 1. The van der Waals surface area contributed by atoms with Crippen LogP contribution in [0.3, 0.4) is 0 Å². The normalized spacial score (nSPS) is 24.8. The van der Waals surface area contributed by atoms with Crippen LogP contribution in [-0.4, -0.2) is 90.0 Å². The summed E-state index contributed by atoms with van der Waals surface area (Å²) >= 11 is 11.7. The summed E-state index contributed by atoms with van der Waals surface area (Å²) in [5.74, 6) is 1.12. The molecule has 29 heavy (non-hydrogen) atoms. The summed E-state index contributed by atoms with van der Waals surface area (Å²) in [5.41, 5.74) is 2.35. The topological polar surface area (TPSA) is 85.6 Å². The second kappa shape index (κ2) is 12.9. The zero-order valence-corrected chi connectivity index (χ0v) is 18.3. The molecule has 1 fully saturated rings. The van der Waals surface area contributed by atoms with Crippen molar-refractivity contribution in [2.45, 2.75) is 43.8 Å². The highest BCUT2D eigenvalue weighted by Crippen LogP contribution is 2.20. The first-order chi connectivity index (χ1) is 14.0. The summed E-state index contributed by atoms with van der Waals surface area (Å²) < 4.78 is 5.43. The van der Waals surface area contributed by atoms with Gasteiger partial charge in [-0.15, -0.1) is 23.2 Å². The molecule has 1 aliphatic heterocycles. The van der Waals surface area contributed by atoms with Gasteiger partial charge in [-0.2, -0.15) is 5.06 Å². The number of ether oxygens (including phenoxy) is 1. The molecule has 1 aromatic carbocycles. The van der Waals surface area contributed by atoms with Crippen molar-refractivity contribution in [2.75, 3.05) is 50.0 Å². The highest BCUT2D eigenvalue weighted by Gasteiger charge is 2.40. The number of alkyl halides is 2. The van der Waals surface area contributed by atoms with E-state index >= 15 is 0 Å². The van der Waals surface area contributed by atoms with Crippen LogP contribution in [0.5, 0.6) is 0 Å². The fourth-order valence-corrected chi connectivity index (χ4v) is 3.82.